The van der Waals surface area contributed by atoms with Gasteiger partial charge in [0.1, 0.15) is 0 Å². The van der Waals surface area contributed by atoms with Crippen molar-refractivity contribution in [3.8, 4) is 0 Å². The number of hydrogen-bond acceptors (Lipinski definition) is 2. The Morgan fingerprint density at radius 2 is 1.88 bits per heavy atom. The molecule has 1 aliphatic heterocycles. The Labute approximate surface area is 153 Å². The van der Waals surface area contributed by atoms with E-state index >= 15 is 0 Å². The molecular weight excluding hydrogens is 332 g/mol. The Bertz CT molecular complexity index is 671. The molecule has 1 aromatic rings. The van der Waals surface area contributed by atoms with E-state index in [4.69, 9.17) is 0 Å². The molecule has 1 N–H and O–H groups in total. The van der Waals surface area contributed by atoms with Crippen molar-refractivity contribution in [3.63, 3.8) is 0 Å². The number of amides is 1. The van der Waals surface area contributed by atoms with Crippen molar-refractivity contribution in [1.82, 2.24) is 9.62 Å². The molecule has 3 aliphatic rings. The van der Waals surface area contributed by atoms with Gasteiger partial charge in [-0.2, -0.15) is 0 Å². The molecular formula is C20H28N2O2S. The van der Waals surface area contributed by atoms with Crippen LogP contribution in [-0.2, 0) is 15.8 Å². The molecule has 136 valence electrons. The molecule has 0 bridgehead atoms. The van der Waals surface area contributed by atoms with Crippen LogP contribution in [0.1, 0.15) is 61.5 Å². The molecule has 1 aromatic carbocycles. The van der Waals surface area contributed by atoms with Crippen LogP contribution in [0.15, 0.2) is 24.3 Å². The molecule has 5 heteroatoms. The van der Waals surface area contributed by atoms with E-state index in [2.05, 4.69) is 29.0 Å². The second-order valence-corrected chi connectivity index (χ2v) is 9.04. The van der Waals surface area contributed by atoms with Gasteiger partial charge in [-0.3, -0.25) is 4.79 Å². The number of likely N-dealkylation sites (tertiary alicyclic amines) is 1. The maximum absolute atomic E-state index is 12.9. The molecule has 0 aromatic heterocycles. The minimum atomic E-state index is -1.01. The first-order chi connectivity index (χ1) is 12.1. The number of hydrogen-bond donors (Lipinski definition) is 1. The number of benzene rings is 1. The van der Waals surface area contributed by atoms with Crippen molar-refractivity contribution in [1.29, 1.82) is 0 Å². The van der Waals surface area contributed by atoms with Gasteiger partial charge in [-0.15, -0.1) is 0 Å². The highest BCUT2D eigenvalue weighted by molar-refractivity contribution is 7.82. The SMILES string of the molecule is CS(=O)NC1CCN(C(=O)C2CC2c2ccccc2C2CCCC2)C1. The van der Waals surface area contributed by atoms with Crippen molar-refractivity contribution in [2.45, 2.75) is 56.4 Å². The summed E-state index contributed by atoms with van der Waals surface area (Å²) in [5.74, 6) is 1.58. The zero-order valence-corrected chi connectivity index (χ0v) is 15.8. The highest BCUT2D eigenvalue weighted by atomic mass is 32.2. The summed E-state index contributed by atoms with van der Waals surface area (Å²) in [4.78, 5) is 14.9. The van der Waals surface area contributed by atoms with Gasteiger partial charge < -0.3 is 4.90 Å². The molecule has 2 saturated carbocycles. The fraction of sp³-hybridized carbons (Fsp3) is 0.650. The van der Waals surface area contributed by atoms with E-state index in [9.17, 15) is 9.00 Å². The second kappa shape index (κ2) is 7.20. The molecule has 1 heterocycles. The van der Waals surface area contributed by atoms with E-state index < -0.39 is 11.0 Å². The van der Waals surface area contributed by atoms with Crippen LogP contribution in [0.3, 0.4) is 0 Å². The van der Waals surface area contributed by atoms with Gasteiger partial charge in [0, 0.05) is 31.3 Å². The monoisotopic (exact) mass is 360 g/mol. The smallest absolute Gasteiger partial charge is 0.226 e. The molecule has 4 rings (SSSR count). The third-order valence-electron chi connectivity index (χ3n) is 6.13. The highest BCUT2D eigenvalue weighted by Gasteiger charge is 2.47. The first-order valence-corrected chi connectivity index (χ1v) is 11.2. The molecule has 0 spiro atoms. The van der Waals surface area contributed by atoms with Gasteiger partial charge in [-0.25, -0.2) is 8.93 Å². The predicted octanol–water partition coefficient (Wildman–Crippen LogP) is 2.93. The first-order valence-electron chi connectivity index (χ1n) is 9.60. The number of rotatable bonds is 5. The Morgan fingerprint density at radius 1 is 1.16 bits per heavy atom. The van der Waals surface area contributed by atoms with Gasteiger partial charge in [-0.05, 0) is 48.6 Å². The summed E-state index contributed by atoms with van der Waals surface area (Å²) in [7, 11) is -1.01. The quantitative estimate of drug-likeness (QED) is 0.878. The summed E-state index contributed by atoms with van der Waals surface area (Å²) < 4.78 is 14.4. The van der Waals surface area contributed by atoms with Crippen LogP contribution >= 0.6 is 0 Å². The Hall–Kier alpha value is -1.20. The fourth-order valence-corrected chi connectivity index (χ4v) is 5.46. The molecule has 1 amide bonds. The summed E-state index contributed by atoms with van der Waals surface area (Å²) in [5, 5.41) is 0. The summed E-state index contributed by atoms with van der Waals surface area (Å²) in [6, 6.07) is 8.99. The maximum atomic E-state index is 12.9. The van der Waals surface area contributed by atoms with E-state index in [1.807, 2.05) is 4.90 Å². The van der Waals surface area contributed by atoms with Crippen LogP contribution in [0.2, 0.25) is 0 Å². The molecule has 4 nitrogen and oxygen atoms in total. The molecule has 0 radical (unpaired) electrons. The minimum absolute atomic E-state index is 0.161. The number of nitrogens with one attached hydrogen (secondary N) is 1. The Kier molecular flexibility index (Phi) is 4.96. The average molecular weight is 361 g/mol. The van der Waals surface area contributed by atoms with Crippen molar-refractivity contribution in [3.05, 3.63) is 35.4 Å². The maximum Gasteiger partial charge on any atom is 0.226 e. The molecule has 1 saturated heterocycles. The largest absolute Gasteiger partial charge is 0.341 e. The van der Waals surface area contributed by atoms with E-state index in [0.29, 0.717) is 24.3 Å². The molecule has 4 atom stereocenters. The van der Waals surface area contributed by atoms with Gasteiger partial charge in [0.2, 0.25) is 5.91 Å². The van der Waals surface area contributed by atoms with Crippen LogP contribution < -0.4 is 4.72 Å². The minimum Gasteiger partial charge on any atom is -0.341 e. The van der Waals surface area contributed by atoms with Gasteiger partial charge >= 0.3 is 0 Å². The summed E-state index contributed by atoms with van der Waals surface area (Å²) in [6.07, 6.45) is 8.84. The lowest BCUT2D eigenvalue weighted by Gasteiger charge is -2.18. The van der Waals surface area contributed by atoms with Crippen molar-refractivity contribution in [2.75, 3.05) is 19.3 Å². The molecule has 25 heavy (non-hydrogen) atoms. The number of carbonyl (C=O) groups excluding carboxylic acids is 1. The van der Waals surface area contributed by atoms with E-state index in [-0.39, 0.29) is 12.0 Å². The highest BCUT2D eigenvalue weighted by Crippen LogP contribution is 2.52. The predicted molar refractivity (Wildman–Crippen MR) is 101 cm³/mol. The molecule has 2 aliphatic carbocycles. The van der Waals surface area contributed by atoms with E-state index in [1.165, 1.54) is 36.8 Å². The summed E-state index contributed by atoms with van der Waals surface area (Å²) in [5.41, 5.74) is 2.93. The van der Waals surface area contributed by atoms with E-state index in [1.54, 1.807) is 6.26 Å². The lowest BCUT2D eigenvalue weighted by molar-refractivity contribution is -0.131. The lowest BCUT2D eigenvalue weighted by Crippen LogP contribution is -2.36. The molecule has 3 fully saturated rings. The average Bonchev–Trinajstić information content (AvgIpc) is 2.98. The normalized spacial score (nSPS) is 30.6. The number of carbonyl (C=O) groups is 1. The van der Waals surface area contributed by atoms with Crippen molar-refractivity contribution in [2.24, 2.45) is 5.92 Å². The second-order valence-electron chi connectivity index (χ2n) is 7.90. The topological polar surface area (TPSA) is 49.4 Å². The summed E-state index contributed by atoms with van der Waals surface area (Å²) >= 11 is 0. The van der Waals surface area contributed by atoms with Gasteiger partial charge in [0.05, 0.1) is 11.0 Å². The van der Waals surface area contributed by atoms with Gasteiger partial charge in [0.25, 0.3) is 0 Å². The van der Waals surface area contributed by atoms with E-state index in [0.717, 1.165) is 19.4 Å². The van der Waals surface area contributed by atoms with Crippen LogP contribution in [0.5, 0.6) is 0 Å². The Morgan fingerprint density at radius 3 is 2.60 bits per heavy atom. The van der Waals surface area contributed by atoms with Crippen LogP contribution in [0.4, 0.5) is 0 Å². The van der Waals surface area contributed by atoms with Crippen LogP contribution in [-0.4, -0.2) is 40.4 Å². The van der Waals surface area contributed by atoms with Gasteiger partial charge in [0.15, 0.2) is 0 Å². The van der Waals surface area contributed by atoms with Crippen molar-refractivity contribution < 1.29 is 9.00 Å². The Balaban J connectivity index is 1.41. The van der Waals surface area contributed by atoms with Crippen LogP contribution in [0.25, 0.3) is 0 Å². The standard InChI is InChI=1S/C20H28N2O2S/c1-25(24)21-15-10-11-22(13-15)20(23)19-12-18(19)17-9-5-4-8-16(17)14-6-2-3-7-14/h4-5,8-9,14-15,18-19,21H,2-3,6-7,10-13H2,1H3. The first kappa shape index (κ1) is 17.2. The third kappa shape index (κ3) is 3.68. The lowest BCUT2D eigenvalue weighted by atomic mass is 9.90. The third-order valence-corrected chi connectivity index (χ3v) is 6.80. The fourth-order valence-electron chi connectivity index (χ4n) is 4.79. The van der Waals surface area contributed by atoms with Crippen LogP contribution in [0, 0.1) is 5.92 Å². The molecule has 4 unspecified atom stereocenters. The summed E-state index contributed by atoms with van der Waals surface area (Å²) in [6.45, 7) is 1.49. The number of nitrogens with zero attached hydrogens (tertiary/aromatic N) is 1. The van der Waals surface area contributed by atoms with Gasteiger partial charge in [-0.1, -0.05) is 37.1 Å². The zero-order valence-electron chi connectivity index (χ0n) is 14.9. The zero-order chi connectivity index (χ0) is 17.4. The van der Waals surface area contributed by atoms with Crippen molar-refractivity contribution >= 4 is 16.9 Å².